The Morgan fingerprint density at radius 3 is 2.86 bits per heavy atom. The van der Waals surface area contributed by atoms with E-state index in [1.54, 1.807) is 17.2 Å². The summed E-state index contributed by atoms with van der Waals surface area (Å²) in [6.07, 6.45) is 7.31. The molecule has 1 aromatic rings. The molecule has 0 radical (unpaired) electrons. The smallest absolute Gasteiger partial charge is 0.326 e. The molecular formula is C16H21NO4. The summed E-state index contributed by atoms with van der Waals surface area (Å²) in [6, 6.07) is 3.13. The maximum atomic E-state index is 12.5. The second-order valence-corrected chi connectivity index (χ2v) is 6.08. The first kappa shape index (κ1) is 14.2. The van der Waals surface area contributed by atoms with Crippen molar-refractivity contribution in [2.75, 3.05) is 0 Å². The summed E-state index contributed by atoms with van der Waals surface area (Å²) < 4.78 is 5.24. The lowest BCUT2D eigenvalue weighted by Gasteiger charge is -2.33. The van der Waals surface area contributed by atoms with Gasteiger partial charge in [-0.25, -0.2) is 4.79 Å². The Balaban J connectivity index is 1.70. The van der Waals surface area contributed by atoms with Crippen LogP contribution in [0.4, 0.5) is 0 Å². The third kappa shape index (κ3) is 2.82. The van der Waals surface area contributed by atoms with Gasteiger partial charge >= 0.3 is 5.97 Å². The highest BCUT2D eigenvalue weighted by Gasteiger charge is 2.47. The predicted octanol–water partition coefficient (Wildman–Crippen LogP) is 2.46. The summed E-state index contributed by atoms with van der Waals surface area (Å²) in [5.41, 5.74) is 0. The average molecular weight is 291 g/mol. The zero-order valence-electron chi connectivity index (χ0n) is 12.0. The van der Waals surface area contributed by atoms with Crippen LogP contribution in [-0.2, 0) is 16.0 Å². The molecule has 1 aliphatic carbocycles. The van der Waals surface area contributed by atoms with Gasteiger partial charge in [0.2, 0.25) is 5.91 Å². The van der Waals surface area contributed by atoms with E-state index in [9.17, 15) is 14.7 Å². The van der Waals surface area contributed by atoms with Crippen molar-refractivity contribution in [3.63, 3.8) is 0 Å². The summed E-state index contributed by atoms with van der Waals surface area (Å²) in [7, 11) is 0. The molecule has 5 heteroatoms. The molecule has 1 saturated carbocycles. The molecule has 0 bridgehead atoms. The van der Waals surface area contributed by atoms with Crippen molar-refractivity contribution in [3.8, 4) is 0 Å². The Bertz CT molecular complexity index is 510. The van der Waals surface area contributed by atoms with Crippen LogP contribution in [0.1, 0.15) is 44.3 Å². The topological polar surface area (TPSA) is 70.8 Å². The van der Waals surface area contributed by atoms with Gasteiger partial charge in [-0.1, -0.05) is 12.8 Å². The van der Waals surface area contributed by atoms with Gasteiger partial charge in [-0.15, -0.1) is 0 Å². The molecule has 21 heavy (non-hydrogen) atoms. The van der Waals surface area contributed by atoms with Gasteiger partial charge in [0.1, 0.15) is 11.8 Å². The van der Waals surface area contributed by atoms with Gasteiger partial charge in [-0.05, 0) is 37.3 Å². The summed E-state index contributed by atoms with van der Waals surface area (Å²) in [5.74, 6) is 0.228. The fourth-order valence-corrected chi connectivity index (χ4v) is 3.85. The SMILES string of the molecule is O=C(O)C1CC2CCCCC2N1C(=O)CCc1ccco1. The number of carbonyl (C=O) groups is 2. The van der Waals surface area contributed by atoms with Gasteiger partial charge in [0.25, 0.3) is 0 Å². The molecule has 2 aliphatic rings. The van der Waals surface area contributed by atoms with E-state index in [4.69, 9.17) is 4.42 Å². The first-order valence-electron chi connectivity index (χ1n) is 7.73. The van der Waals surface area contributed by atoms with Crippen LogP contribution in [0.5, 0.6) is 0 Å². The lowest BCUT2D eigenvalue weighted by Crippen LogP contribution is -2.46. The van der Waals surface area contributed by atoms with Gasteiger partial charge in [-0.3, -0.25) is 4.79 Å². The maximum absolute atomic E-state index is 12.5. The molecule has 3 rings (SSSR count). The number of hydrogen-bond acceptors (Lipinski definition) is 3. The molecule has 1 N–H and O–H groups in total. The highest BCUT2D eigenvalue weighted by atomic mass is 16.4. The standard InChI is InChI=1S/C16H21NO4/c18-15(8-7-12-5-3-9-21-12)17-13-6-2-1-4-11(13)10-14(17)16(19)20/h3,5,9,11,13-14H,1-2,4,6-8,10H2,(H,19,20). The number of nitrogens with zero attached hydrogens (tertiary/aromatic N) is 1. The minimum absolute atomic E-state index is 0.0480. The lowest BCUT2D eigenvalue weighted by atomic mass is 9.84. The number of aryl methyl sites for hydroxylation is 1. The molecule has 114 valence electrons. The van der Waals surface area contributed by atoms with Crippen molar-refractivity contribution in [1.29, 1.82) is 0 Å². The number of carboxylic acids is 1. The van der Waals surface area contributed by atoms with E-state index in [0.29, 0.717) is 25.2 Å². The van der Waals surface area contributed by atoms with E-state index in [-0.39, 0.29) is 11.9 Å². The molecular weight excluding hydrogens is 270 g/mol. The molecule has 1 aromatic heterocycles. The quantitative estimate of drug-likeness (QED) is 0.925. The van der Waals surface area contributed by atoms with Crippen molar-refractivity contribution in [2.45, 2.75) is 57.0 Å². The summed E-state index contributed by atoms with van der Waals surface area (Å²) in [4.78, 5) is 25.7. The Labute approximate surface area is 123 Å². The number of carboxylic acid groups (broad SMARTS) is 1. The molecule has 5 nitrogen and oxygen atoms in total. The number of hydrogen-bond donors (Lipinski definition) is 1. The molecule has 1 saturated heterocycles. The number of aliphatic carboxylic acids is 1. The maximum Gasteiger partial charge on any atom is 0.326 e. The number of likely N-dealkylation sites (tertiary alicyclic amines) is 1. The Kier molecular flexibility index (Phi) is 3.99. The summed E-state index contributed by atoms with van der Waals surface area (Å²) >= 11 is 0. The minimum atomic E-state index is -0.865. The zero-order valence-corrected chi connectivity index (χ0v) is 12.0. The summed E-state index contributed by atoms with van der Waals surface area (Å²) in [5, 5.41) is 9.42. The van der Waals surface area contributed by atoms with E-state index in [0.717, 1.165) is 31.4 Å². The molecule has 0 aromatic carbocycles. The molecule has 2 heterocycles. The predicted molar refractivity (Wildman–Crippen MR) is 75.7 cm³/mol. The fourth-order valence-electron chi connectivity index (χ4n) is 3.85. The normalized spacial score (nSPS) is 28.4. The van der Waals surface area contributed by atoms with E-state index in [2.05, 4.69) is 0 Å². The zero-order chi connectivity index (χ0) is 14.8. The Morgan fingerprint density at radius 2 is 2.14 bits per heavy atom. The van der Waals surface area contributed by atoms with Crippen molar-refractivity contribution < 1.29 is 19.1 Å². The van der Waals surface area contributed by atoms with E-state index >= 15 is 0 Å². The van der Waals surface area contributed by atoms with Crippen LogP contribution in [0.2, 0.25) is 0 Å². The molecule has 3 unspecified atom stereocenters. The van der Waals surface area contributed by atoms with Crippen LogP contribution < -0.4 is 0 Å². The van der Waals surface area contributed by atoms with Gasteiger partial charge < -0.3 is 14.4 Å². The molecule has 1 amide bonds. The Hall–Kier alpha value is -1.78. The van der Waals surface area contributed by atoms with E-state index in [1.807, 2.05) is 6.07 Å². The molecule has 3 atom stereocenters. The number of rotatable bonds is 4. The highest BCUT2D eigenvalue weighted by Crippen LogP contribution is 2.40. The number of carbonyl (C=O) groups excluding carboxylic acids is 1. The number of amides is 1. The van der Waals surface area contributed by atoms with Crippen molar-refractivity contribution in [3.05, 3.63) is 24.2 Å². The summed E-state index contributed by atoms with van der Waals surface area (Å²) in [6.45, 7) is 0. The number of fused-ring (bicyclic) bond motifs is 1. The third-order valence-electron chi connectivity index (χ3n) is 4.83. The van der Waals surface area contributed by atoms with Gasteiger partial charge in [0.15, 0.2) is 0 Å². The molecule has 1 aliphatic heterocycles. The fraction of sp³-hybridized carbons (Fsp3) is 0.625. The van der Waals surface area contributed by atoms with Gasteiger partial charge in [0.05, 0.1) is 6.26 Å². The second kappa shape index (κ2) is 5.92. The van der Waals surface area contributed by atoms with Crippen molar-refractivity contribution >= 4 is 11.9 Å². The first-order chi connectivity index (χ1) is 10.2. The monoisotopic (exact) mass is 291 g/mol. The third-order valence-corrected chi connectivity index (χ3v) is 4.83. The van der Waals surface area contributed by atoms with Crippen LogP contribution in [0.3, 0.4) is 0 Å². The minimum Gasteiger partial charge on any atom is -0.480 e. The lowest BCUT2D eigenvalue weighted by molar-refractivity contribution is -0.149. The number of furan rings is 1. The van der Waals surface area contributed by atoms with Crippen LogP contribution in [0.15, 0.2) is 22.8 Å². The van der Waals surface area contributed by atoms with Crippen LogP contribution in [-0.4, -0.2) is 34.0 Å². The Morgan fingerprint density at radius 1 is 1.33 bits per heavy atom. The van der Waals surface area contributed by atoms with Crippen LogP contribution in [0, 0.1) is 5.92 Å². The van der Waals surface area contributed by atoms with Crippen molar-refractivity contribution in [1.82, 2.24) is 4.90 Å². The van der Waals surface area contributed by atoms with Gasteiger partial charge in [-0.2, -0.15) is 0 Å². The van der Waals surface area contributed by atoms with E-state index in [1.165, 1.54) is 0 Å². The molecule has 2 fully saturated rings. The van der Waals surface area contributed by atoms with E-state index < -0.39 is 12.0 Å². The molecule has 0 spiro atoms. The first-order valence-corrected chi connectivity index (χ1v) is 7.73. The second-order valence-electron chi connectivity index (χ2n) is 6.08. The largest absolute Gasteiger partial charge is 0.480 e. The van der Waals surface area contributed by atoms with Gasteiger partial charge in [0, 0.05) is 18.9 Å². The van der Waals surface area contributed by atoms with Crippen LogP contribution >= 0.6 is 0 Å². The highest BCUT2D eigenvalue weighted by molar-refractivity contribution is 5.84. The average Bonchev–Trinajstić information content (AvgIpc) is 3.11. The van der Waals surface area contributed by atoms with Crippen LogP contribution in [0.25, 0.3) is 0 Å². The van der Waals surface area contributed by atoms with Crippen molar-refractivity contribution in [2.24, 2.45) is 5.92 Å².